The van der Waals surface area contributed by atoms with Gasteiger partial charge in [0.05, 0.1) is 27.4 Å². The van der Waals surface area contributed by atoms with Gasteiger partial charge in [0.1, 0.15) is 5.75 Å². The van der Waals surface area contributed by atoms with E-state index in [2.05, 4.69) is 25.2 Å². The maximum Gasteiger partial charge on any atom is 0.244 e. The summed E-state index contributed by atoms with van der Waals surface area (Å²) in [6.45, 7) is 8.28. The molecule has 0 heterocycles. The van der Waals surface area contributed by atoms with E-state index in [0.717, 1.165) is 28.0 Å². The molecule has 156 valence electrons. The number of carbonyl (C=O) groups is 1. The molecule has 0 bridgehead atoms. The second kappa shape index (κ2) is 10.0. The van der Waals surface area contributed by atoms with E-state index < -0.39 is 0 Å². The number of benzene rings is 2. The SMILES string of the molecule is COc1ccc(/C=C/C(=O)N[C@@H](C)c2cc(C(C)C)c(OC)cc2C)cc1OC. The van der Waals surface area contributed by atoms with Gasteiger partial charge in [0.15, 0.2) is 11.5 Å². The van der Waals surface area contributed by atoms with Crippen LogP contribution in [0.1, 0.15) is 55.0 Å². The van der Waals surface area contributed by atoms with Crippen LogP contribution in [-0.4, -0.2) is 27.2 Å². The van der Waals surface area contributed by atoms with Crippen LogP contribution in [0.4, 0.5) is 0 Å². The van der Waals surface area contributed by atoms with E-state index in [-0.39, 0.29) is 11.9 Å². The first-order valence-electron chi connectivity index (χ1n) is 9.69. The molecule has 2 rings (SSSR count). The zero-order chi connectivity index (χ0) is 21.6. The second-order valence-corrected chi connectivity index (χ2v) is 7.28. The lowest BCUT2D eigenvalue weighted by Gasteiger charge is -2.20. The van der Waals surface area contributed by atoms with Crippen molar-refractivity contribution in [1.29, 1.82) is 0 Å². The van der Waals surface area contributed by atoms with Gasteiger partial charge in [-0.1, -0.05) is 19.9 Å². The second-order valence-electron chi connectivity index (χ2n) is 7.28. The van der Waals surface area contributed by atoms with Crippen LogP contribution < -0.4 is 19.5 Å². The molecule has 0 spiro atoms. The van der Waals surface area contributed by atoms with Gasteiger partial charge in [-0.05, 0) is 72.4 Å². The first kappa shape index (κ1) is 22.3. The average Bonchev–Trinajstić information content (AvgIpc) is 2.71. The molecule has 0 aliphatic rings. The largest absolute Gasteiger partial charge is 0.496 e. The third-order valence-corrected chi connectivity index (χ3v) is 4.90. The van der Waals surface area contributed by atoms with Crippen molar-refractivity contribution in [3.63, 3.8) is 0 Å². The number of hydrogen-bond donors (Lipinski definition) is 1. The minimum Gasteiger partial charge on any atom is -0.496 e. The van der Waals surface area contributed by atoms with Crippen molar-refractivity contribution in [2.45, 2.75) is 39.7 Å². The van der Waals surface area contributed by atoms with E-state index in [4.69, 9.17) is 14.2 Å². The summed E-state index contributed by atoms with van der Waals surface area (Å²) in [5.74, 6) is 2.33. The number of carbonyl (C=O) groups excluding carboxylic acids is 1. The molecule has 5 heteroatoms. The lowest BCUT2D eigenvalue weighted by atomic mass is 9.93. The van der Waals surface area contributed by atoms with E-state index in [0.29, 0.717) is 17.4 Å². The zero-order valence-corrected chi connectivity index (χ0v) is 18.3. The van der Waals surface area contributed by atoms with Gasteiger partial charge in [0.25, 0.3) is 0 Å². The number of ether oxygens (including phenoxy) is 3. The van der Waals surface area contributed by atoms with E-state index in [1.165, 1.54) is 6.08 Å². The summed E-state index contributed by atoms with van der Waals surface area (Å²) < 4.78 is 16.0. The molecule has 0 unspecified atom stereocenters. The minimum absolute atomic E-state index is 0.124. The Labute approximate surface area is 173 Å². The number of aryl methyl sites for hydroxylation is 1. The third-order valence-electron chi connectivity index (χ3n) is 4.90. The highest BCUT2D eigenvalue weighted by atomic mass is 16.5. The summed E-state index contributed by atoms with van der Waals surface area (Å²) in [5.41, 5.74) is 4.16. The monoisotopic (exact) mass is 397 g/mol. The lowest BCUT2D eigenvalue weighted by molar-refractivity contribution is -0.117. The van der Waals surface area contributed by atoms with Crippen LogP contribution in [0.15, 0.2) is 36.4 Å². The van der Waals surface area contributed by atoms with Gasteiger partial charge in [-0.3, -0.25) is 4.79 Å². The Morgan fingerprint density at radius 2 is 1.55 bits per heavy atom. The van der Waals surface area contributed by atoms with Gasteiger partial charge in [0.2, 0.25) is 5.91 Å². The highest BCUT2D eigenvalue weighted by molar-refractivity contribution is 5.92. The molecule has 2 aromatic rings. The zero-order valence-electron chi connectivity index (χ0n) is 18.3. The van der Waals surface area contributed by atoms with Crippen molar-refractivity contribution < 1.29 is 19.0 Å². The Kier molecular flexibility index (Phi) is 7.71. The number of amides is 1. The number of nitrogens with one attached hydrogen (secondary N) is 1. The molecule has 0 aliphatic carbocycles. The van der Waals surface area contributed by atoms with Crippen LogP contribution in [0, 0.1) is 6.92 Å². The molecule has 29 heavy (non-hydrogen) atoms. The maximum atomic E-state index is 12.5. The molecule has 1 amide bonds. The van der Waals surface area contributed by atoms with Crippen LogP contribution in [0.3, 0.4) is 0 Å². The molecular formula is C24H31NO4. The molecular weight excluding hydrogens is 366 g/mol. The Morgan fingerprint density at radius 1 is 0.897 bits per heavy atom. The molecule has 1 atom stereocenters. The highest BCUT2D eigenvalue weighted by Crippen LogP contribution is 2.32. The number of rotatable bonds is 8. The quantitative estimate of drug-likeness (QED) is 0.635. The third kappa shape index (κ3) is 5.53. The Balaban J connectivity index is 2.15. The molecule has 0 fully saturated rings. The molecule has 5 nitrogen and oxygen atoms in total. The maximum absolute atomic E-state index is 12.5. The van der Waals surface area contributed by atoms with Crippen LogP contribution in [0.5, 0.6) is 17.2 Å². The van der Waals surface area contributed by atoms with Gasteiger partial charge < -0.3 is 19.5 Å². The van der Waals surface area contributed by atoms with E-state index in [1.807, 2.05) is 38.1 Å². The first-order valence-corrected chi connectivity index (χ1v) is 9.69. The molecule has 0 aromatic heterocycles. The lowest BCUT2D eigenvalue weighted by Crippen LogP contribution is -2.25. The fourth-order valence-electron chi connectivity index (χ4n) is 3.28. The van der Waals surface area contributed by atoms with Crippen LogP contribution in [-0.2, 0) is 4.79 Å². The first-order chi connectivity index (χ1) is 13.8. The Bertz CT molecular complexity index is 887. The van der Waals surface area contributed by atoms with Crippen molar-refractivity contribution in [2.75, 3.05) is 21.3 Å². The average molecular weight is 398 g/mol. The molecule has 0 radical (unpaired) electrons. The summed E-state index contributed by atoms with van der Waals surface area (Å²) in [4.78, 5) is 12.5. The summed E-state index contributed by atoms with van der Waals surface area (Å²) in [7, 11) is 4.86. The molecule has 2 aromatic carbocycles. The summed E-state index contributed by atoms with van der Waals surface area (Å²) in [6.07, 6.45) is 3.28. The van der Waals surface area contributed by atoms with E-state index >= 15 is 0 Å². The van der Waals surface area contributed by atoms with Gasteiger partial charge in [0, 0.05) is 6.08 Å². The van der Waals surface area contributed by atoms with Gasteiger partial charge in [-0.15, -0.1) is 0 Å². The Hall–Kier alpha value is -2.95. The topological polar surface area (TPSA) is 56.8 Å². The number of methoxy groups -OCH3 is 3. The van der Waals surface area contributed by atoms with Gasteiger partial charge in [-0.25, -0.2) is 0 Å². The van der Waals surface area contributed by atoms with Gasteiger partial charge >= 0.3 is 0 Å². The smallest absolute Gasteiger partial charge is 0.244 e. The van der Waals surface area contributed by atoms with Crippen molar-refractivity contribution in [1.82, 2.24) is 5.32 Å². The van der Waals surface area contributed by atoms with Crippen LogP contribution in [0.25, 0.3) is 6.08 Å². The number of hydrogen-bond acceptors (Lipinski definition) is 4. The highest BCUT2D eigenvalue weighted by Gasteiger charge is 2.16. The van der Waals surface area contributed by atoms with E-state index in [9.17, 15) is 4.79 Å². The predicted molar refractivity (Wildman–Crippen MR) is 117 cm³/mol. The normalized spacial score (nSPS) is 12.1. The fourth-order valence-corrected chi connectivity index (χ4v) is 3.28. The predicted octanol–water partition coefficient (Wildman–Crippen LogP) is 5.03. The summed E-state index contributed by atoms with van der Waals surface area (Å²) in [5, 5.41) is 3.04. The van der Waals surface area contributed by atoms with Crippen molar-refractivity contribution in [2.24, 2.45) is 0 Å². The molecule has 0 saturated carbocycles. The molecule has 0 saturated heterocycles. The summed E-state index contributed by atoms with van der Waals surface area (Å²) in [6, 6.07) is 9.55. The van der Waals surface area contributed by atoms with Crippen molar-refractivity contribution in [3.05, 3.63) is 58.7 Å². The van der Waals surface area contributed by atoms with Crippen LogP contribution in [0.2, 0.25) is 0 Å². The van der Waals surface area contributed by atoms with Gasteiger partial charge in [-0.2, -0.15) is 0 Å². The summed E-state index contributed by atoms with van der Waals surface area (Å²) >= 11 is 0. The van der Waals surface area contributed by atoms with Crippen molar-refractivity contribution >= 4 is 12.0 Å². The standard InChI is InChI=1S/C24H31NO4/c1-15(2)19-14-20(16(3)12-22(19)28-6)17(4)25-24(26)11-9-18-8-10-21(27-5)23(13-18)29-7/h8-15,17H,1-7H3,(H,25,26)/b11-9+/t17-/m0/s1. The van der Waals surface area contributed by atoms with Crippen LogP contribution >= 0.6 is 0 Å². The Morgan fingerprint density at radius 3 is 2.14 bits per heavy atom. The van der Waals surface area contributed by atoms with Crippen molar-refractivity contribution in [3.8, 4) is 17.2 Å². The molecule has 1 N–H and O–H groups in total. The van der Waals surface area contributed by atoms with E-state index in [1.54, 1.807) is 27.4 Å². The fraction of sp³-hybridized carbons (Fsp3) is 0.375. The minimum atomic E-state index is -0.159. The molecule has 0 aliphatic heterocycles.